The van der Waals surface area contributed by atoms with Crippen LogP contribution in [-0.4, -0.2) is 40.8 Å². The van der Waals surface area contributed by atoms with Crippen LogP contribution in [0, 0.1) is 0 Å². The number of sulfonamides is 1. The molecule has 1 saturated carbocycles. The van der Waals surface area contributed by atoms with E-state index in [9.17, 15) is 8.42 Å². The Morgan fingerprint density at radius 2 is 1.83 bits per heavy atom. The van der Waals surface area contributed by atoms with Gasteiger partial charge >= 0.3 is 0 Å². The van der Waals surface area contributed by atoms with Gasteiger partial charge in [-0.3, -0.25) is 0 Å². The standard InChI is InChI=1S/C21H24Br2N2O3S/c1-28-20-7-3-6-18(20)24-29(26,27)21-9-8-17(23)11-19(21)25-12-15(13-25)14-4-2-5-16(22)10-14/h2,4-5,8-11,15,18,20,24H,3,6-7,12-13H2,1H3/t18-,20-/m1/s1. The highest BCUT2D eigenvalue weighted by atomic mass is 79.9. The van der Waals surface area contributed by atoms with Gasteiger partial charge in [-0.05, 0) is 55.2 Å². The molecule has 2 fully saturated rings. The molecule has 1 N–H and O–H groups in total. The van der Waals surface area contributed by atoms with Gasteiger partial charge in [0.1, 0.15) is 4.90 Å². The van der Waals surface area contributed by atoms with Crippen LogP contribution in [0.15, 0.2) is 56.3 Å². The van der Waals surface area contributed by atoms with Crippen molar-refractivity contribution < 1.29 is 13.2 Å². The summed E-state index contributed by atoms with van der Waals surface area (Å²) >= 11 is 7.02. The summed E-state index contributed by atoms with van der Waals surface area (Å²) in [7, 11) is -2.00. The van der Waals surface area contributed by atoms with Crippen molar-refractivity contribution in [3.8, 4) is 0 Å². The molecule has 0 radical (unpaired) electrons. The molecule has 0 amide bonds. The second-order valence-electron chi connectivity index (χ2n) is 7.70. The first-order valence-corrected chi connectivity index (χ1v) is 12.8. The molecule has 0 spiro atoms. The number of ether oxygens (including phenoxy) is 1. The molecular weight excluding hydrogens is 520 g/mol. The van der Waals surface area contributed by atoms with Gasteiger partial charge in [-0.2, -0.15) is 0 Å². The number of anilines is 1. The fourth-order valence-electron chi connectivity index (χ4n) is 4.22. The Labute approximate surface area is 189 Å². The molecule has 4 rings (SSSR count). The number of nitrogens with one attached hydrogen (secondary N) is 1. The molecule has 0 unspecified atom stereocenters. The van der Waals surface area contributed by atoms with Crippen LogP contribution in [0.1, 0.15) is 30.7 Å². The largest absolute Gasteiger partial charge is 0.380 e. The molecule has 1 heterocycles. The Bertz CT molecular complexity index is 993. The zero-order valence-electron chi connectivity index (χ0n) is 16.1. The third kappa shape index (κ3) is 4.56. The average molecular weight is 544 g/mol. The van der Waals surface area contributed by atoms with Gasteiger partial charge in [0.25, 0.3) is 0 Å². The SMILES string of the molecule is CO[C@@H]1CCC[C@H]1NS(=O)(=O)c1ccc(Br)cc1N1CC(c2cccc(Br)c2)C1. The summed E-state index contributed by atoms with van der Waals surface area (Å²) in [4.78, 5) is 2.46. The normalized spacial score (nSPS) is 22.7. The van der Waals surface area contributed by atoms with E-state index in [0.29, 0.717) is 10.8 Å². The number of halogens is 2. The molecule has 156 valence electrons. The lowest BCUT2D eigenvalue weighted by Gasteiger charge is -2.42. The lowest BCUT2D eigenvalue weighted by atomic mass is 9.91. The second kappa shape index (κ2) is 8.67. The molecule has 0 bridgehead atoms. The van der Waals surface area contributed by atoms with E-state index < -0.39 is 10.0 Å². The smallest absolute Gasteiger partial charge is 0.242 e. The van der Waals surface area contributed by atoms with Crippen LogP contribution in [0.2, 0.25) is 0 Å². The van der Waals surface area contributed by atoms with Crippen LogP contribution in [0.4, 0.5) is 5.69 Å². The Kier molecular flexibility index (Phi) is 6.37. The van der Waals surface area contributed by atoms with E-state index in [2.05, 4.69) is 53.6 Å². The first-order chi connectivity index (χ1) is 13.9. The molecule has 2 aromatic carbocycles. The number of rotatable bonds is 6. The van der Waals surface area contributed by atoms with Crippen molar-refractivity contribution in [3.05, 3.63) is 57.0 Å². The summed E-state index contributed by atoms with van der Waals surface area (Å²) in [5, 5.41) is 0. The van der Waals surface area contributed by atoms with Crippen molar-refractivity contribution in [2.24, 2.45) is 0 Å². The van der Waals surface area contributed by atoms with Crippen LogP contribution < -0.4 is 9.62 Å². The highest BCUT2D eigenvalue weighted by Crippen LogP contribution is 2.37. The lowest BCUT2D eigenvalue weighted by molar-refractivity contribution is 0.0916. The monoisotopic (exact) mass is 542 g/mol. The summed E-state index contributed by atoms with van der Waals surface area (Å²) in [6, 6.07) is 13.5. The summed E-state index contributed by atoms with van der Waals surface area (Å²) in [5.41, 5.74) is 2.01. The van der Waals surface area contributed by atoms with Gasteiger partial charge in [0, 0.05) is 41.1 Å². The van der Waals surface area contributed by atoms with Gasteiger partial charge in [0.05, 0.1) is 11.8 Å². The van der Waals surface area contributed by atoms with E-state index in [-0.39, 0.29) is 12.1 Å². The molecule has 8 heteroatoms. The van der Waals surface area contributed by atoms with E-state index >= 15 is 0 Å². The van der Waals surface area contributed by atoms with Crippen molar-refractivity contribution in [2.75, 3.05) is 25.1 Å². The zero-order chi connectivity index (χ0) is 20.6. The maximum atomic E-state index is 13.2. The van der Waals surface area contributed by atoms with Gasteiger partial charge in [-0.1, -0.05) is 44.0 Å². The second-order valence-corrected chi connectivity index (χ2v) is 11.2. The Morgan fingerprint density at radius 1 is 1.07 bits per heavy atom. The van der Waals surface area contributed by atoms with E-state index in [1.807, 2.05) is 18.2 Å². The number of hydrogen-bond donors (Lipinski definition) is 1. The molecule has 2 aromatic rings. The summed E-state index contributed by atoms with van der Waals surface area (Å²) in [5.74, 6) is 0.391. The van der Waals surface area contributed by atoms with Crippen molar-refractivity contribution in [3.63, 3.8) is 0 Å². The van der Waals surface area contributed by atoms with Gasteiger partial charge in [-0.15, -0.1) is 0 Å². The van der Waals surface area contributed by atoms with Crippen molar-refractivity contribution in [1.82, 2.24) is 4.72 Å². The quantitative estimate of drug-likeness (QED) is 0.575. The van der Waals surface area contributed by atoms with Gasteiger partial charge in [0.15, 0.2) is 0 Å². The molecule has 1 saturated heterocycles. The fourth-order valence-corrected chi connectivity index (χ4v) is 6.49. The number of methoxy groups -OCH3 is 1. The van der Waals surface area contributed by atoms with Crippen molar-refractivity contribution >= 4 is 47.6 Å². The molecule has 1 aliphatic heterocycles. The molecule has 29 heavy (non-hydrogen) atoms. The molecule has 1 aliphatic carbocycles. The first-order valence-electron chi connectivity index (χ1n) is 9.72. The van der Waals surface area contributed by atoms with E-state index in [1.54, 1.807) is 19.2 Å². The van der Waals surface area contributed by atoms with Gasteiger partial charge in [0.2, 0.25) is 10.0 Å². The molecule has 5 nitrogen and oxygen atoms in total. The van der Waals surface area contributed by atoms with Crippen LogP contribution in [-0.2, 0) is 14.8 Å². The minimum Gasteiger partial charge on any atom is -0.380 e. The maximum Gasteiger partial charge on any atom is 0.242 e. The highest BCUT2D eigenvalue weighted by molar-refractivity contribution is 9.10. The van der Waals surface area contributed by atoms with Crippen molar-refractivity contribution in [1.29, 1.82) is 0 Å². The average Bonchev–Trinajstić information content (AvgIpc) is 3.07. The third-order valence-corrected chi connectivity index (χ3v) is 8.34. The molecular formula is C21H24Br2N2O3S. The van der Waals surface area contributed by atoms with E-state index in [1.165, 1.54) is 5.56 Å². The Morgan fingerprint density at radius 3 is 2.55 bits per heavy atom. The number of benzene rings is 2. The third-order valence-electron chi connectivity index (χ3n) is 5.81. The topological polar surface area (TPSA) is 58.6 Å². The summed E-state index contributed by atoms with van der Waals surface area (Å²) in [6.07, 6.45) is 2.60. The minimum atomic E-state index is -3.64. The first kappa shape index (κ1) is 21.3. The van der Waals surface area contributed by atoms with E-state index in [4.69, 9.17) is 4.74 Å². The van der Waals surface area contributed by atoms with Crippen LogP contribution in [0.25, 0.3) is 0 Å². The minimum absolute atomic E-state index is 0.0615. The summed E-state index contributed by atoms with van der Waals surface area (Å²) < 4.78 is 36.7. The van der Waals surface area contributed by atoms with Gasteiger partial charge < -0.3 is 9.64 Å². The van der Waals surface area contributed by atoms with Crippen LogP contribution >= 0.6 is 31.9 Å². The van der Waals surface area contributed by atoms with E-state index in [0.717, 1.165) is 47.0 Å². The zero-order valence-corrected chi connectivity index (χ0v) is 20.1. The Hall–Kier alpha value is -0.930. The maximum absolute atomic E-state index is 13.2. The van der Waals surface area contributed by atoms with Crippen LogP contribution in [0.3, 0.4) is 0 Å². The number of nitrogens with zero attached hydrogens (tertiary/aromatic N) is 1. The number of hydrogen-bond acceptors (Lipinski definition) is 4. The summed E-state index contributed by atoms with van der Waals surface area (Å²) in [6.45, 7) is 1.58. The highest BCUT2D eigenvalue weighted by Gasteiger charge is 2.35. The predicted molar refractivity (Wildman–Crippen MR) is 122 cm³/mol. The molecule has 0 aromatic heterocycles. The predicted octanol–water partition coefficient (Wildman–Crippen LogP) is 4.66. The molecule has 2 aliphatic rings. The Balaban J connectivity index is 1.55. The van der Waals surface area contributed by atoms with Crippen LogP contribution in [0.5, 0.6) is 0 Å². The molecule has 2 atom stereocenters. The lowest BCUT2D eigenvalue weighted by Crippen LogP contribution is -2.46. The fraction of sp³-hybridized carbons (Fsp3) is 0.429. The van der Waals surface area contributed by atoms with Crippen molar-refractivity contribution in [2.45, 2.75) is 42.2 Å². The van der Waals surface area contributed by atoms with Gasteiger partial charge in [-0.25, -0.2) is 13.1 Å².